The van der Waals surface area contributed by atoms with Gasteiger partial charge in [0.05, 0.1) is 5.02 Å². The van der Waals surface area contributed by atoms with Crippen molar-refractivity contribution in [3.05, 3.63) is 47.6 Å². The molecule has 0 aliphatic carbocycles. The van der Waals surface area contributed by atoms with Crippen molar-refractivity contribution in [3.63, 3.8) is 0 Å². The lowest BCUT2D eigenvalue weighted by Gasteiger charge is -2.15. The van der Waals surface area contributed by atoms with Crippen LogP contribution in [0.2, 0.25) is 5.02 Å². The summed E-state index contributed by atoms with van der Waals surface area (Å²) < 4.78 is 0. The largest absolute Gasteiger partial charge is 0.374 e. The van der Waals surface area contributed by atoms with E-state index in [1.165, 1.54) is 6.20 Å². The summed E-state index contributed by atoms with van der Waals surface area (Å²) in [6.45, 7) is 5.42. The Labute approximate surface area is 152 Å². The van der Waals surface area contributed by atoms with Crippen molar-refractivity contribution in [2.45, 2.75) is 26.8 Å². The average molecular weight is 361 g/mol. The first-order valence-corrected chi connectivity index (χ1v) is 8.33. The Hall–Kier alpha value is -2.60. The van der Waals surface area contributed by atoms with Crippen LogP contribution in [0.1, 0.15) is 20.8 Å². The van der Waals surface area contributed by atoms with Gasteiger partial charge in [0.25, 0.3) is 0 Å². The Morgan fingerprint density at radius 3 is 2.12 bits per heavy atom. The molecule has 0 saturated heterocycles. The number of nitrogens with zero attached hydrogens (tertiary/aromatic N) is 1. The molecule has 0 fully saturated rings. The molecule has 1 aromatic heterocycles. The van der Waals surface area contributed by atoms with Gasteiger partial charge in [-0.2, -0.15) is 0 Å². The van der Waals surface area contributed by atoms with Crippen molar-refractivity contribution in [1.82, 2.24) is 4.98 Å². The first-order valence-electron chi connectivity index (χ1n) is 7.95. The lowest BCUT2D eigenvalue weighted by molar-refractivity contribution is -0.119. The maximum Gasteiger partial charge on any atom is 0.247 e. The van der Waals surface area contributed by atoms with Gasteiger partial charge in [0.1, 0.15) is 11.9 Å². The number of pyridine rings is 1. The number of hydrogen-bond donors (Lipinski definition) is 3. The van der Waals surface area contributed by atoms with Gasteiger partial charge < -0.3 is 16.0 Å². The van der Waals surface area contributed by atoms with Gasteiger partial charge in [-0.3, -0.25) is 9.59 Å². The summed E-state index contributed by atoms with van der Waals surface area (Å²) in [5.41, 5.74) is 1.49. The number of benzene rings is 1. The van der Waals surface area contributed by atoms with E-state index < -0.39 is 6.04 Å². The number of halogens is 1. The lowest BCUT2D eigenvalue weighted by Crippen LogP contribution is -2.32. The number of nitrogens with one attached hydrogen (secondary N) is 3. The second-order valence-electron chi connectivity index (χ2n) is 5.94. The zero-order valence-corrected chi connectivity index (χ0v) is 15.1. The van der Waals surface area contributed by atoms with Crippen LogP contribution in [0.15, 0.2) is 42.6 Å². The molecule has 1 atom stereocenters. The van der Waals surface area contributed by atoms with Crippen molar-refractivity contribution < 1.29 is 9.59 Å². The number of anilines is 3. The van der Waals surface area contributed by atoms with Crippen LogP contribution in [0.4, 0.5) is 17.2 Å². The van der Waals surface area contributed by atoms with Crippen LogP contribution >= 0.6 is 11.6 Å². The molecule has 0 bridgehead atoms. The number of carbonyl (C=O) groups is 2. The van der Waals surface area contributed by atoms with E-state index in [0.29, 0.717) is 16.5 Å². The molecular weight excluding hydrogens is 340 g/mol. The summed E-state index contributed by atoms with van der Waals surface area (Å²) in [6.07, 6.45) is 1.47. The molecule has 1 aromatic carbocycles. The molecule has 1 heterocycles. The number of hydrogen-bond acceptors (Lipinski definition) is 4. The molecule has 0 spiro atoms. The molecule has 25 heavy (non-hydrogen) atoms. The minimum Gasteiger partial charge on any atom is -0.374 e. The molecule has 0 aliphatic rings. The van der Waals surface area contributed by atoms with Gasteiger partial charge in [-0.05, 0) is 43.3 Å². The van der Waals surface area contributed by atoms with Crippen molar-refractivity contribution in [1.29, 1.82) is 0 Å². The molecule has 7 heteroatoms. The van der Waals surface area contributed by atoms with E-state index in [1.54, 1.807) is 43.3 Å². The fraction of sp³-hybridized carbons (Fsp3) is 0.278. The predicted octanol–water partition coefficient (Wildman–Crippen LogP) is 3.77. The summed E-state index contributed by atoms with van der Waals surface area (Å²) in [5, 5.41) is 9.13. The maximum atomic E-state index is 12.2. The standard InChI is InChI=1S/C18H21ClN4O2/c1-11(2)17(24)22-15-7-5-14(6-8-15)21-12(3)18(25)23-16-9-4-13(19)10-20-16/h4-12,21H,1-3H3,(H,22,24)(H,20,23,25). The highest BCUT2D eigenvalue weighted by atomic mass is 35.5. The summed E-state index contributed by atoms with van der Waals surface area (Å²) in [4.78, 5) is 27.9. The highest BCUT2D eigenvalue weighted by Gasteiger charge is 2.13. The van der Waals surface area contributed by atoms with E-state index in [9.17, 15) is 9.59 Å². The van der Waals surface area contributed by atoms with E-state index in [0.717, 1.165) is 5.69 Å². The minimum atomic E-state index is -0.464. The van der Waals surface area contributed by atoms with Gasteiger partial charge in [-0.1, -0.05) is 25.4 Å². The Bertz CT molecular complexity index is 730. The zero-order chi connectivity index (χ0) is 18.4. The highest BCUT2D eigenvalue weighted by Crippen LogP contribution is 2.16. The maximum absolute atomic E-state index is 12.2. The highest BCUT2D eigenvalue weighted by molar-refractivity contribution is 6.30. The van der Waals surface area contributed by atoms with Gasteiger partial charge in [-0.25, -0.2) is 4.98 Å². The van der Waals surface area contributed by atoms with Crippen LogP contribution in [0, 0.1) is 5.92 Å². The van der Waals surface area contributed by atoms with E-state index >= 15 is 0 Å². The van der Waals surface area contributed by atoms with Gasteiger partial charge in [0.2, 0.25) is 11.8 Å². The number of amides is 2. The Balaban J connectivity index is 1.91. The summed E-state index contributed by atoms with van der Waals surface area (Å²) >= 11 is 5.77. The summed E-state index contributed by atoms with van der Waals surface area (Å²) in [5.74, 6) is 0.105. The molecule has 132 valence electrons. The number of aromatic nitrogens is 1. The first-order chi connectivity index (χ1) is 11.8. The fourth-order valence-electron chi connectivity index (χ4n) is 1.94. The Morgan fingerprint density at radius 2 is 1.56 bits per heavy atom. The first kappa shape index (κ1) is 18.7. The van der Waals surface area contributed by atoms with Crippen LogP contribution < -0.4 is 16.0 Å². The topological polar surface area (TPSA) is 83.1 Å². The van der Waals surface area contributed by atoms with Crippen molar-refractivity contribution in [2.24, 2.45) is 5.92 Å². The van der Waals surface area contributed by atoms with Crippen molar-refractivity contribution in [2.75, 3.05) is 16.0 Å². The molecule has 2 rings (SSSR count). The van der Waals surface area contributed by atoms with E-state index in [1.807, 2.05) is 13.8 Å². The molecule has 0 saturated carbocycles. The van der Waals surface area contributed by atoms with Crippen molar-refractivity contribution >= 4 is 40.6 Å². The Morgan fingerprint density at radius 1 is 0.920 bits per heavy atom. The van der Waals surface area contributed by atoms with E-state index in [4.69, 9.17) is 11.6 Å². The summed E-state index contributed by atoms with van der Waals surface area (Å²) in [7, 11) is 0. The molecule has 0 radical (unpaired) electrons. The molecule has 1 unspecified atom stereocenters. The normalized spacial score (nSPS) is 11.7. The van der Waals surface area contributed by atoms with Gasteiger partial charge >= 0.3 is 0 Å². The van der Waals surface area contributed by atoms with Crippen LogP contribution in [-0.2, 0) is 9.59 Å². The molecule has 3 N–H and O–H groups in total. The monoisotopic (exact) mass is 360 g/mol. The van der Waals surface area contributed by atoms with Crippen LogP contribution in [0.3, 0.4) is 0 Å². The van der Waals surface area contributed by atoms with Crippen LogP contribution in [0.25, 0.3) is 0 Å². The summed E-state index contributed by atoms with van der Waals surface area (Å²) in [6, 6.07) is 10.0. The average Bonchev–Trinajstić information content (AvgIpc) is 2.58. The minimum absolute atomic E-state index is 0.0380. The third-order valence-electron chi connectivity index (χ3n) is 3.43. The van der Waals surface area contributed by atoms with Crippen LogP contribution in [0.5, 0.6) is 0 Å². The molecular formula is C18H21ClN4O2. The fourth-order valence-corrected chi connectivity index (χ4v) is 2.05. The Kier molecular flexibility index (Phi) is 6.36. The molecule has 2 aromatic rings. The van der Waals surface area contributed by atoms with Gasteiger partial charge in [-0.15, -0.1) is 0 Å². The second-order valence-corrected chi connectivity index (χ2v) is 6.37. The predicted molar refractivity (Wildman–Crippen MR) is 101 cm³/mol. The number of carbonyl (C=O) groups excluding carboxylic acids is 2. The quantitative estimate of drug-likeness (QED) is 0.732. The second kappa shape index (κ2) is 8.48. The molecule has 0 aliphatic heterocycles. The third-order valence-corrected chi connectivity index (χ3v) is 3.66. The lowest BCUT2D eigenvalue weighted by atomic mass is 10.2. The van der Waals surface area contributed by atoms with Crippen molar-refractivity contribution in [3.8, 4) is 0 Å². The SMILES string of the molecule is CC(C)C(=O)Nc1ccc(NC(C)C(=O)Nc2ccc(Cl)cn2)cc1. The molecule has 6 nitrogen and oxygen atoms in total. The smallest absolute Gasteiger partial charge is 0.247 e. The van der Waals surface area contributed by atoms with E-state index in [-0.39, 0.29) is 17.7 Å². The van der Waals surface area contributed by atoms with Gasteiger partial charge in [0.15, 0.2) is 0 Å². The van der Waals surface area contributed by atoms with E-state index in [2.05, 4.69) is 20.9 Å². The third kappa shape index (κ3) is 5.76. The van der Waals surface area contributed by atoms with Crippen LogP contribution in [-0.4, -0.2) is 22.8 Å². The number of rotatable bonds is 6. The van der Waals surface area contributed by atoms with Gasteiger partial charge in [0, 0.05) is 23.5 Å². The zero-order valence-electron chi connectivity index (χ0n) is 14.3. The molecule has 2 amide bonds.